The number of hydrogen-bond acceptors (Lipinski definition) is 2. The van der Waals surface area contributed by atoms with Gasteiger partial charge in [-0.25, -0.2) is 4.79 Å². The molecule has 86 valence electrons. The number of rotatable bonds is 2. The number of benzene rings is 1. The van der Waals surface area contributed by atoms with Gasteiger partial charge in [0, 0.05) is 17.2 Å². The second kappa shape index (κ2) is 4.55. The number of carbonyl (C=O) groups is 1. The average Bonchev–Trinajstić information content (AvgIpc) is 2.26. The molecule has 1 aromatic heterocycles. The molecule has 0 bridgehead atoms. The number of aliphatic carboxylic acids is 1. The van der Waals surface area contributed by atoms with Gasteiger partial charge in [0.15, 0.2) is 0 Å². The zero-order chi connectivity index (χ0) is 12.4. The molecule has 0 atom stereocenters. The summed E-state index contributed by atoms with van der Waals surface area (Å²) >= 11 is 6.12. The number of aryl methyl sites for hydroxylation is 1. The minimum atomic E-state index is -0.974. The van der Waals surface area contributed by atoms with Gasteiger partial charge < -0.3 is 5.11 Å². The predicted molar refractivity (Wildman–Crippen MR) is 68.2 cm³/mol. The van der Waals surface area contributed by atoms with Crippen molar-refractivity contribution in [1.82, 2.24) is 4.98 Å². The second-order valence-corrected chi connectivity index (χ2v) is 4.10. The van der Waals surface area contributed by atoms with Crippen molar-refractivity contribution in [3.05, 3.63) is 46.6 Å². The smallest absolute Gasteiger partial charge is 0.328 e. The van der Waals surface area contributed by atoms with E-state index in [0.717, 1.165) is 28.2 Å². The lowest BCUT2D eigenvalue weighted by Crippen LogP contribution is -1.87. The zero-order valence-electron chi connectivity index (χ0n) is 9.14. The molecule has 0 saturated carbocycles. The highest BCUT2D eigenvalue weighted by atomic mass is 35.5. The Morgan fingerprint density at radius 2 is 2.18 bits per heavy atom. The molecule has 2 aromatic rings. The first-order chi connectivity index (χ1) is 8.06. The number of carboxylic acids is 1. The lowest BCUT2D eigenvalue weighted by molar-refractivity contribution is -0.131. The molecule has 1 aromatic carbocycles. The molecule has 0 spiro atoms. The average molecular weight is 248 g/mol. The molecule has 3 nitrogen and oxygen atoms in total. The summed E-state index contributed by atoms with van der Waals surface area (Å²) in [6.45, 7) is 1.88. The number of hydrogen-bond donors (Lipinski definition) is 1. The minimum Gasteiger partial charge on any atom is -0.478 e. The fourth-order valence-corrected chi connectivity index (χ4v) is 1.91. The van der Waals surface area contributed by atoms with Gasteiger partial charge in [0.1, 0.15) is 0 Å². The maximum Gasteiger partial charge on any atom is 0.328 e. The molecule has 4 heteroatoms. The Kier molecular flexibility index (Phi) is 3.11. The van der Waals surface area contributed by atoms with Crippen LogP contribution in [0.5, 0.6) is 0 Å². The van der Waals surface area contributed by atoms with E-state index >= 15 is 0 Å². The quantitative estimate of drug-likeness (QED) is 0.829. The molecular formula is C13H10ClNO2. The lowest BCUT2D eigenvalue weighted by atomic mass is 10.1. The Hall–Kier alpha value is -1.87. The van der Waals surface area contributed by atoms with Crippen LogP contribution in [0.4, 0.5) is 0 Å². The molecule has 0 aliphatic heterocycles. The topological polar surface area (TPSA) is 50.2 Å². The van der Waals surface area contributed by atoms with E-state index < -0.39 is 5.97 Å². The molecular weight excluding hydrogens is 238 g/mol. The fraction of sp³-hybridized carbons (Fsp3) is 0.0769. The van der Waals surface area contributed by atoms with Gasteiger partial charge in [-0.1, -0.05) is 17.7 Å². The van der Waals surface area contributed by atoms with Gasteiger partial charge in [0.2, 0.25) is 0 Å². The Morgan fingerprint density at radius 3 is 2.88 bits per heavy atom. The summed E-state index contributed by atoms with van der Waals surface area (Å²) in [5, 5.41) is 10.0. The molecule has 2 rings (SSSR count). The van der Waals surface area contributed by atoms with Crippen molar-refractivity contribution in [3.8, 4) is 0 Å². The summed E-state index contributed by atoms with van der Waals surface area (Å²) in [7, 11) is 0. The van der Waals surface area contributed by atoms with Gasteiger partial charge in [-0.05, 0) is 36.8 Å². The standard InChI is InChI=1S/C13H10ClNO2/c1-8-6-11(14)10-7-9(3-5-13(16)17)2-4-12(10)15-8/h2-7H,1H3,(H,16,17)/b5-3+. The molecule has 1 N–H and O–H groups in total. The predicted octanol–water partition coefficient (Wildman–Crippen LogP) is 3.29. The Morgan fingerprint density at radius 1 is 1.41 bits per heavy atom. The third kappa shape index (κ3) is 2.63. The summed E-state index contributed by atoms with van der Waals surface area (Å²) in [4.78, 5) is 14.8. The maximum absolute atomic E-state index is 10.4. The maximum atomic E-state index is 10.4. The van der Waals surface area contributed by atoms with Crippen LogP contribution in [0.2, 0.25) is 5.02 Å². The summed E-state index contributed by atoms with van der Waals surface area (Å²) < 4.78 is 0. The van der Waals surface area contributed by atoms with E-state index in [1.165, 1.54) is 6.08 Å². The van der Waals surface area contributed by atoms with Crippen molar-refractivity contribution in [1.29, 1.82) is 0 Å². The van der Waals surface area contributed by atoms with Crippen LogP contribution in [-0.2, 0) is 4.79 Å². The highest BCUT2D eigenvalue weighted by Crippen LogP contribution is 2.24. The van der Waals surface area contributed by atoms with Crippen molar-refractivity contribution in [2.24, 2.45) is 0 Å². The number of halogens is 1. The van der Waals surface area contributed by atoms with Crippen molar-refractivity contribution in [2.75, 3.05) is 0 Å². The van der Waals surface area contributed by atoms with Gasteiger partial charge in [0.05, 0.1) is 10.5 Å². The van der Waals surface area contributed by atoms with Crippen LogP contribution in [0, 0.1) is 6.92 Å². The number of pyridine rings is 1. The number of nitrogens with zero attached hydrogens (tertiary/aromatic N) is 1. The van der Waals surface area contributed by atoms with Crippen molar-refractivity contribution >= 4 is 34.5 Å². The SMILES string of the molecule is Cc1cc(Cl)c2cc(/C=C/C(=O)O)ccc2n1. The highest BCUT2D eigenvalue weighted by Gasteiger charge is 2.02. The van der Waals surface area contributed by atoms with E-state index in [1.54, 1.807) is 6.07 Å². The molecule has 0 saturated heterocycles. The largest absolute Gasteiger partial charge is 0.478 e. The second-order valence-electron chi connectivity index (χ2n) is 3.69. The van der Waals surface area contributed by atoms with E-state index in [9.17, 15) is 4.79 Å². The molecule has 0 amide bonds. The van der Waals surface area contributed by atoms with Crippen LogP contribution in [0.1, 0.15) is 11.3 Å². The van der Waals surface area contributed by atoms with Crippen molar-refractivity contribution in [3.63, 3.8) is 0 Å². The highest BCUT2D eigenvalue weighted by molar-refractivity contribution is 6.35. The normalized spacial score (nSPS) is 11.2. The Bertz CT molecular complexity index is 620. The summed E-state index contributed by atoms with van der Waals surface area (Å²) in [6, 6.07) is 7.25. The van der Waals surface area contributed by atoms with Crippen molar-refractivity contribution in [2.45, 2.75) is 6.92 Å². The van der Waals surface area contributed by atoms with Crippen LogP contribution in [-0.4, -0.2) is 16.1 Å². The summed E-state index contributed by atoms with van der Waals surface area (Å²) in [5.74, 6) is -0.974. The van der Waals surface area contributed by atoms with E-state index in [1.807, 2.05) is 25.1 Å². The van der Waals surface area contributed by atoms with Crippen LogP contribution in [0.25, 0.3) is 17.0 Å². The first kappa shape index (κ1) is 11.6. The van der Waals surface area contributed by atoms with Crippen LogP contribution >= 0.6 is 11.6 Å². The first-order valence-corrected chi connectivity index (χ1v) is 5.42. The molecule has 1 heterocycles. The van der Waals surface area contributed by atoms with Crippen LogP contribution in [0.3, 0.4) is 0 Å². The van der Waals surface area contributed by atoms with Gasteiger partial charge in [-0.15, -0.1) is 0 Å². The van der Waals surface area contributed by atoms with Crippen LogP contribution in [0.15, 0.2) is 30.3 Å². The van der Waals surface area contributed by atoms with Gasteiger partial charge >= 0.3 is 5.97 Å². The molecule has 0 unspecified atom stereocenters. The molecule has 0 aliphatic carbocycles. The minimum absolute atomic E-state index is 0.623. The van der Waals surface area contributed by atoms with E-state index in [0.29, 0.717) is 5.02 Å². The van der Waals surface area contributed by atoms with Crippen LogP contribution < -0.4 is 0 Å². The number of carboxylic acid groups (broad SMARTS) is 1. The fourth-order valence-electron chi connectivity index (χ4n) is 1.60. The first-order valence-electron chi connectivity index (χ1n) is 5.04. The Labute approximate surface area is 103 Å². The van der Waals surface area contributed by atoms with E-state index in [4.69, 9.17) is 16.7 Å². The van der Waals surface area contributed by atoms with Gasteiger partial charge in [-0.3, -0.25) is 4.98 Å². The molecule has 0 aliphatic rings. The molecule has 0 fully saturated rings. The van der Waals surface area contributed by atoms with E-state index in [2.05, 4.69) is 4.98 Å². The van der Waals surface area contributed by atoms with E-state index in [-0.39, 0.29) is 0 Å². The molecule has 17 heavy (non-hydrogen) atoms. The Balaban J connectivity index is 2.54. The summed E-state index contributed by atoms with van der Waals surface area (Å²) in [5.41, 5.74) is 2.45. The van der Waals surface area contributed by atoms with Crippen molar-refractivity contribution < 1.29 is 9.90 Å². The molecule has 0 radical (unpaired) electrons. The lowest BCUT2D eigenvalue weighted by Gasteiger charge is -2.03. The summed E-state index contributed by atoms with van der Waals surface area (Å²) in [6.07, 6.45) is 2.62. The van der Waals surface area contributed by atoms with Gasteiger partial charge in [0.25, 0.3) is 0 Å². The monoisotopic (exact) mass is 247 g/mol. The zero-order valence-corrected chi connectivity index (χ0v) is 9.90. The number of aromatic nitrogens is 1. The van der Waals surface area contributed by atoms with Gasteiger partial charge in [-0.2, -0.15) is 0 Å². The number of fused-ring (bicyclic) bond motifs is 1. The third-order valence-electron chi connectivity index (χ3n) is 2.33. The third-order valence-corrected chi connectivity index (χ3v) is 2.64.